The van der Waals surface area contributed by atoms with Crippen LogP contribution in [0.25, 0.3) is 5.69 Å². The molecule has 2 aromatic heterocycles. The van der Waals surface area contributed by atoms with Gasteiger partial charge < -0.3 is 9.80 Å². The van der Waals surface area contributed by atoms with Gasteiger partial charge in [0.1, 0.15) is 0 Å². The van der Waals surface area contributed by atoms with Crippen molar-refractivity contribution in [1.82, 2.24) is 24.3 Å². The molecule has 2 aliphatic rings. The van der Waals surface area contributed by atoms with Crippen molar-refractivity contribution >= 4 is 21.7 Å². The summed E-state index contributed by atoms with van der Waals surface area (Å²) in [6.07, 6.45) is 5.89. The van der Waals surface area contributed by atoms with E-state index in [0.717, 1.165) is 36.3 Å². The van der Waals surface area contributed by atoms with Gasteiger partial charge in [-0.2, -0.15) is 9.40 Å². The van der Waals surface area contributed by atoms with Gasteiger partial charge in [0, 0.05) is 51.7 Å². The van der Waals surface area contributed by atoms with Gasteiger partial charge in [-0.15, -0.1) is 10.2 Å². The van der Waals surface area contributed by atoms with Gasteiger partial charge in [-0.1, -0.05) is 6.92 Å². The van der Waals surface area contributed by atoms with Crippen molar-refractivity contribution in [3.8, 4) is 5.69 Å². The molecule has 4 heterocycles. The van der Waals surface area contributed by atoms with E-state index >= 15 is 0 Å². The van der Waals surface area contributed by atoms with Crippen LogP contribution < -0.4 is 9.80 Å². The van der Waals surface area contributed by atoms with Crippen LogP contribution in [0.2, 0.25) is 0 Å². The Morgan fingerprint density at radius 1 is 0.818 bits per heavy atom. The van der Waals surface area contributed by atoms with Crippen molar-refractivity contribution in [2.75, 3.05) is 49.1 Å². The summed E-state index contributed by atoms with van der Waals surface area (Å²) in [4.78, 5) is 4.69. The molecule has 0 bridgehead atoms. The Labute approximate surface area is 194 Å². The predicted molar refractivity (Wildman–Crippen MR) is 127 cm³/mol. The lowest BCUT2D eigenvalue weighted by Gasteiger charge is -2.35. The van der Waals surface area contributed by atoms with Gasteiger partial charge in [0.25, 0.3) is 0 Å². The molecule has 0 N–H and O–H groups in total. The average Bonchev–Trinajstić information content (AvgIpc) is 3.40. The quantitative estimate of drug-likeness (QED) is 0.569. The third kappa shape index (κ3) is 4.58. The molecule has 2 fully saturated rings. The Bertz CT molecular complexity index is 1150. The molecular weight excluding hydrogens is 438 g/mol. The molecule has 0 amide bonds. The lowest BCUT2D eigenvalue weighted by Crippen LogP contribution is -2.49. The topological polar surface area (TPSA) is 87.5 Å². The van der Waals surface area contributed by atoms with Crippen LogP contribution >= 0.6 is 0 Å². The Hall–Kier alpha value is -2.98. The van der Waals surface area contributed by atoms with E-state index in [1.807, 2.05) is 24.4 Å². The second-order valence-electron chi connectivity index (χ2n) is 8.75. The summed E-state index contributed by atoms with van der Waals surface area (Å²) in [5.41, 5.74) is 0.824. The van der Waals surface area contributed by atoms with E-state index in [0.29, 0.717) is 31.1 Å². The van der Waals surface area contributed by atoms with Crippen LogP contribution in [0.1, 0.15) is 19.8 Å². The second kappa shape index (κ2) is 9.11. The third-order valence-electron chi connectivity index (χ3n) is 6.55. The minimum atomic E-state index is -3.54. The fourth-order valence-corrected chi connectivity index (χ4v) is 5.81. The molecule has 1 aromatic carbocycles. The van der Waals surface area contributed by atoms with Crippen molar-refractivity contribution < 1.29 is 8.42 Å². The first-order chi connectivity index (χ1) is 16.0. The van der Waals surface area contributed by atoms with Crippen LogP contribution in [0.3, 0.4) is 0 Å². The van der Waals surface area contributed by atoms with Crippen LogP contribution in [0, 0.1) is 5.92 Å². The Kier molecular flexibility index (Phi) is 6.03. The van der Waals surface area contributed by atoms with Crippen molar-refractivity contribution in [3.63, 3.8) is 0 Å². The van der Waals surface area contributed by atoms with Gasteiger partial charge in [-0.05, 0) is 61.2 Å². The Balaban J connectivity index is 1.20. The van der Waals surface area contributed by atoms with E-state index in [2.05, 4.69) is 32.0 Å². The number of aromatic nitrogens is 4. The maximum atomic E-state index is 13.1. The van der Waals surface area contributed by atoms with Gasteiger partial charge in [0.2, 0.25) is 10.0 Å². The van der Waals surface area contributed by atoms with Crippen molar-refractivity contribution in [2.24, 2.45) is 5.92 Å². The summed E-state index contributed by atoms with van der Waals surface area (Å²) in [6.45, 7) is 6.33. The highest BCUT2D eigenvalue weighted by molar-refractivity contribution is 7.89. The van der Waals surface area contributed by atoms with E-state index in [9.17, 15) is 8.42 Å². The first-order valence-electron chi connectivity index (χ1n) is 11.4. The summed E-state index contributed by atoms with van der Waals surface area (Å²) >= 11 is 0. The lowest BCUT2D eigenvalue weighted by atomic mass is 9.99. The lowest BCUT2D eigenvalue weighted by molar-refractivity contribution is 0.383. The molecule has 0 aliphatic carbocycles. The number of hydrogen-bond donors (Lipinski definition) is 0. The van der Waals surface area contributed by atoms with Crippen molar-refractivity contribution in [3.05, 3.63) is 54.9 Å². The van der Waals surface area contributed by atoms with Crippen LogP contribution in [0.4, 0.5) is 11.6 Å². The molecule has 2 saturated heterocycles. The molecule has 9 nitrogen and oxygen atoms in total. The molecule has 0 saturated carbocycles. The standard InChI is InChI=1S/C23H29N7O2S/c1-19-9-13-27(14-10-19)22-7-8-23(26-25-22)28-15-17-29(18-16-28)33(31,32)21-5-3-20(4-6-21)30-12-2-11-24-30/h2-8,11-12,19H,9-10,13-18H2,1H3. The molecular formula is C23H29N7O2S. The number of rotatable bonds is 5. The fraction of sp³-hybridized carbons (Fsp3) is 0.435. The van der Waals surface area contributed by atoms with Crippen LogP contribution in [-0.2, 0) is 10.0 Å². The molecule has 0 spiro atoms. The molecule has 174 valence electrons. The Morgan fingerprint density at radius 2 is 1.42 bits per heavy atom. The minimum absolute atomic E-state index is 0.298. The van der Waals surface area contributed by atoms with E-state index in [1.165, 1.54) is 12.8 Å². The van der Waals surface area contributed by atoms with Gasteiger partial charge >= 0.3 is 0 Å². The Morgan fingerprint density at radius 3 is 1.97 bits per heavy atom. The second-order valence-corrected chi connectivity index (χ2v) is 10.7. The summed E-state index contributed by atoms with van der Waals surface area (Å²) in [6, 6.07) is 12.7. The number of sulfonamides is 1. The molecule has 33 heavy (non-hydrogen) atoms. The van der Waals surface area contributed by atoms with Crippen LogP contribution in [0.5, 0.6) is 0 Å². The zero-order valence-corrected chi connectivity index (χ0v) is 19.6. The minimum Gasteiger partial charge on any atom is -0.355 e. The third-order valence-corrected chi connectivity index (χ3v) is 8.46. The average molecular weight is 468 g/mol. The molecule has 2 aliphatic heterocycles. The molecule has 3 aromatic rings. The van der Waals surface area contributed by atoms with E-state index in [-0.39, 0.29) is 0 Å². The van der Waals surface area contributed by atoms with Crippen LogP contribution in [-0.4, -0.2) is 72.0 Å². The molecule has 0 radical (unpaired) electrons. The smallest absolute Gasteiger partial charge is 0.243 e. The zero-order valence-electron chi connectivity index (χ0n) is 18.8. The molecule has 5 rings (SSSR count). The maximum Gasteiger partial charge on any atom is 0.243 e. The number of nitrogens with zero attached hydrogens (tertiary/aromatic N) is 7. The number of anilines is 2. The highest BCUT2D eigenvalue weighted by Gasteiger charge is 2.29. The van der Waals surface area contributed by atoms with Crippen LogP contribution in [0.15, 0.2) is 59.8 Å². The number of piperidine rings is 1. The number of piperazine rings is 1. The summed E-state index contributed by atoms with van der Waals surface area (Å²) in [5, 5.41) is 13.1. The highest BCUT2D eigenvalue weighted by Crippen LogP contribution is 2.24. The fourth-order valence-electron chi connectivity index (χ4n) is 4.39. The monoisotopic (exact) mass is 467 g/mol. The summed E-state index contributed by atoms with van der Waals surface area (Å²) in [5.74, 6) is 2.49. The van der Waals surface area contributed by atoms with Gasteiger partial charge in [-0.3, -0.25) is 0 Å². The number of hydrogen-bond acceptors (Lipinski definition) is 7. The largest absolute Gasteiger partial charge is 0.355 e. The zero-order chi connectivity index (χ0) is 22.8. The summed E-state index contributed by atoms with van der Waals surface area (Å²) < 4.78 is 29.5. The first-order valence-corrected chi connectivity index (χ1v) is 12.9. The van der Waals surface area contributed by atoms with Gasteiger partial charge in [0.15, 0.2) is 11.6 Å². The molecule has 0 atom stereocenters. The highest BCUT2D eigenvalue weighted by atomic mass is 32.2. The van der Waals surface area contributed by atoms with Gasteiger partial charge in [-0.25, -0.2) is 13.1 Å². The number of benzene rings is 1. The van der Waals surface area contributed by atoms with E-state index < -0.39 is 10.0 Å². The summed E-state index contributed by atoms with van der Waals surface area (Å²) in [7, 11) is -3.54. The first kappa shape index (κ1) is 21.8. The maximum absolute atomic E-state index is 13.1. The molecule has 10 heteroatoms. The van der Waals surface area contributed by atoms with E-state index in [1.54, 1.807) is 39.4 Å². The van der Waals surface area contributed by atoms with Crippen molar-refractivity contribution in [2.45, 2.75) is 24.7 Å². The predicted octanol–water partition coefficient (Wildman–Crippen LogP) is 2.41. The normalized spacial score (nSPS) is 18.6. The SMILES string of the molecule is CC1CCN(c2ccc(N3CCN(S(=O)(=O)c4ccc(-n5cccn5)cc4)CC3)nn2)CC1. The van der Waals surface area contributed by atoms with Gasteiger partial charge in [0.05, 0.1) is 10.6 Å². The van der Waals surface area contributed by atoms with Crippen molar-refractivity contribution in [1.29, 1.82) is 0 Å². The van der Waals surface area contributed by atoms with E-state index in [4.69, 9.17) is 0 Å². The molecule has 0 unspecified atom stereocenters.